The molecule has 0 unspecified atom stereocenters. The van der Waals surface area contributed by atoms with Gasteiger partial charge in [0.1, 0.15) is 18.3 Å². The molecule has 114 valence electrons. The number of rotatable bonds is 5. The predicted octanol–water partition coefficient (Wildman–Crippen LogP) is 0.610. The Bertz CT molecular complexity index is 266. The zero-order chi connectivity index (χ0) is 14.6. The Morgan fingerprint density at radius 2 is 1.74 bits per heavy atom. The number of thioether (sulfide) groups is 1. The molecule has 19 heavy (non-hydrogen) atoms. The monoisotopic (exact) mass is 294 g/mol. The average Bonchev–Trinajstić information content (AvgIpc) is 2.33. The minimum atomic E-state index is -1.23. The van der Waals surface area contributed by atoms with Crippen molar-refractivity contribution in [1.82, 2.24) is 0 Å². The molecule has 1 heterocycles. The van der Waals surface area contributed by atoms with E-state index in [0.29, 0.717) is 5.75 Å². The maximum absolute atomic E-state index is 9.88. The standard InChI is InChI=1S/C13H26O5S/c1-13(2,3)5-6-19-7-8-9(14)10(15)11(16)12(17-4)18-8/h8-12,14-16H,5-7H2,1-4H3/t8-,9-,10+,11-,12+/m1/s1. The third kappa shape index (κ3) is 5.21. The molecule has 0 aromatic carbocycles. The van der Waals surface area contributed by atoms with Crippen molar-refractivity contribution in [3.8, 4) is 0 Å². The smallest absolute Gasteiger partial charge is 0.186 e. The van der Waals surface area contributed by atoms with Crippen LogP contribution >= 0.6 is 11.8 Å². The van der Waals surface area contributed by atoms with Crippen LogP contribution in [-0.2, 0) is 9.47 Å². The summed E-state index contributed by atoms with van der Waals surface area (Å²) in [5.74, 6) is 1.53. The Balaban J connectivity index is 2.40. The van der Waals surface area contributed by atoms with E-state index in [1.165, 1.54) is 7.11 Å². The van der Waals surface area contributed by atoms with Crippen LogP contribution in [0.2, 0.25) is 0 Å². The molecule has 6 heteroatoms. The van der Waals surface area contributed by atoms with E-state index in [2.05, 4.69) is 20.8 Å². The average molecular weight is 294 g/mol. The number of aliphatic hydroxyl groups excluding tert-OH is 3. The van der Waals surface area contributed by atoms with E-state index in [0.717, 1.165) is 12.2 Å². The molecule has 0 radical (unpaired) electrons. The maximum Gasteiger partial charge on any atom is 0.186 e. The number of ether oxygens (including phenoxy) is 2. The molecule has 0 saturated carbocycles. The van der Waals surface area contributed by atoms with Gasteiger partial charge in [-0.2, -0.15) is 11.8 Å². The van der Waals surface area contributed by atoms with Crippen LogP contribution in [0, 0.1) is 5.41 Å². The first-order valence-electron chi connectivity index (χ1n) is 6.56. The van der Waals surface area contributed by atoms with E-state index in [1.807, 2.05) is 0 Å². The highest BCUT2D eigenvalue weighted by atomic mass is 32.2. The molecule has 0 aromatic rings. The Kier molecular flexibility index (Phi) is 6.56. The van der Waals surface area contributed by atoms with Crippen LogP contribution in [0.3, 0.4) is 0 Å². The first-order valence-corrected chi connectivity index (χ1v) is 7.72. The first kappa shape index (κ1) is 17.2. The fraction of sp³-hybridized carbons (Fsp3) is 1.00. The zero-order valence-electron chi connectivity index (χ0n) is 12.1. The van der Waals surface area contributed by atoms with Crippen molar-refractivity contribution in [2.45, 2.75) is 57.9 Å². The molecule has 5 nitrogen and oxygen atoms in total. The normalized spacial score (nSPS) is 36.5. The second-order valence-corrected chi connectivity index (χ2v) is 7.29. The van der Waals surface area contributed by atoms with Crippen LogP contribution in [0.5, 0.6) is 0 Å². The molecule has 0 aromatic heterocycles. The van der Waals surface area contributed by atoms with E-state index in [9.17, 15) is 15.3 Å². The van der Waals surface area contributed by atoms with Gasteiger partial charge in [-0.15, -0.1) is 0 Å². The van der Waals surface area contributed by atoms with Crippen molar-refractivity contribution in [1.29, 1.82) is 0 Å². The fourth-order valence-corrected chi connectivity index (χ4v) is 3.26. The SMILES string of the molecule is CO[C@H]1O[C@H](CSCCC(C)(C)C)[C@@H](O)[C@H](O)[C@H]1O. The van der Waals surface area contributed by atoms with Gasteiger partial charge in [0.15, 0.2) is 6.29 Å². The summed E-state index contributed by atoms with van der Waals surface area (Å²) in [6.45, 7) is 6.54. The summed E-state index contributed by atoms with van der Waals surface area (Å²) >= 11 is 1.67. The molecule has 0 bridgehead atoms. The van der Waals surface area contributed by atoms with E-state index >= 15 is 0 Å². The molecule has 0 amide bonds. The predicted molar refractivity (Wildman–Crippen MR) is 75.1 cm³/mol. The molecule has 1 aliphatic rings. The lowest BCUT2D eigenvalue weighted by Crippen LogP contribution is -2.58. The molecule has 0 aliphatic carbocycles. The van der Waals surface area contributed by atoms with Crippen molar-refractivity contribution >= 4 is 11.8 Å². The van der Waals surface area contributed by atoms with E-state index < -0.39 is 30.7 Å². The Labute approximate surface area is 119 Å². The molecular weight excluding hydrogens is 268 g/mol. The maximum atomic E-state index is 9.88. The summed E-state index contributed by atoms with van der Waals surface area (Å²) in [5.41, 5.74) is 0.282. The summed E-state index contributed by atoms with van der Waals surface area (Å²) < 4.78 is 10.4. The van der Waals surface area contributed by atoms with Crippen molar-refractivity contribution in [3.63, 3.8) is 0 Å². The second-order valence-electron chi connectivity index (χ2n) is 6.14. The van der Waals surface area contributed by atoms with Crippen molar-refractivity contribution in [3.05, 3.63) is 0 Å². The third-order valence-corrected chi connectivity index (χ3v) is 4.24. The minimum Gasteiger partial charge on any atom is -0.388 e. The van der Waals surface area contributed by atoms with Crippen LogP contribution in [0.15, 0.2) is 0 Å². The van der Waals surface area contributed by atoms with E-state index in [4.69, 9.17) is 9.47 Å². The number of aliphatic hydroxyl groups is 3. The quantitative estimate of drug-likeness (QED) is 0.645. The molecular formula is C13H26O5S. The van der Waals surface area contributed by atoms with Gasteiger partial charge < -0.3 is 24.8 Å². The summed E-state index contributed by atoms with van der Waals surface area (Å²) in [6, 6.07) is 0. The highest BCUT2D eigenvalue weighted by Gasteiger charge is 2.43. The van der Waals surface area contributed by atoms with Crippen LogP contribution in [0.25, 0.3) is 0 Å². The third-order valence-electron chi connectivity index (χ3n) is 3.18. The van der Waals surface area contributed by atoms with Gasteiger partial charge in [-0.25, -0.2) is 0 Å². The van der Waals surface area contributed by atoms with Crippen LogP contribution in [0.4, 0.5) is 0 Å². The van der Waals surface area contributed by atoms with Gasteiger partial charge in [0.05, 0.1) is 6.10 Å². The number of hydrogen-bond donors (Lipinski definition) is 3. The van der Waals surface area contributed by atoms with Crippen LogP contribution < -0.4 is 0 Å². The lowest BCUT2D eigenvalue weighted by atomic mass is 9.94. The molecule has 1 fully saturated rings. The molecule has 1 aliphatic heterocycles. The minimum absolute atomic E-state index is 0.282. The van der Waals surface area contributed by atoms with Gasteiger partial charge in [-0.1, -0.05) is 20.8 Å². The fourth-order valence-electron chi connectivity index (χ4n) is 1.83. The van der Waals surface area contributed by atoms with Crippen molar-refractivity contribution in [2.24, 2.45) is 5.41 Å². The Hall–Kier alpha value is 0.150. The van der Waals surface area contributed by atoms with Gasteiger partial charge >= 0.3 is 0 Å². The lowest BCUT2D eigenvalue weighted by molar-refractivity contribution is -0.284. The van der Waals surface area contributed by atoms with Crippen LogP contribution in [-0.4, -0.2) is 64.6 Å². The second kappa shape index (κ2) is 7.24. The highest BCUT2D eigenvalue weighted by molar-refractivity contribution is 7.99. The molecule has 0 spiro atoms. The summed E-state index contributed by atoms with van der Waals surface area (Å²) in [7, 11) is 1.40. The summed E-state index contributed by atoms with van der Waals surface area (Å²) in [4.78, 5) is 0. The van der Waals surface area contributed by atoms with Gasteiger partial charge in [0, 0.05) is 12.9 Å². The first-order chi connectivity index (χ1) is 8.76. The zero-order valence-corrected chi connectivity index (χ0v) is 12.9. The van der Waals surface area contributed by atoms with E-state index in [1.54, 1.807) is 11.8 Å². The largest absolute Gasteiger partial charge is 0.388 e. The van der Waals surface area contributed by atoms with Gasteiger partial charge in [-0.3, -0.25) is 0 Å². The number of methoxy groups -OCH3 is 1. The molecule has 5 atom stereocenters. The number of hydrogen-bond acceptors (Lipinski definition) is 6. The lowest BCUT2D eigenvalue weighted by Gasteiger charge is -2.39. The molecule has 3 N–H and O–H groups in total. The van der Waals surface area contributed by atoms with E-state index in [-0.39, 0.29) is 5.41 Å². The van der Waals surface area contributed by atoms with Crippen LogP contribution in [0.1, 0.15) is 27.2 Å². The van der Waals surface area contributed by atoms with Crippen molar-refractivity contribution < 1.29 is 24.8 Å². The Morgan fingerprint density at radius 1 is 1.11 bits per heavy atom. The Morgan fingerprint density at radius 3 is 2.26 bits per heavy atom. The molecule has 1 rings (SSSR count). The van der Waals surface area contributed by atoms with Gasteiger partial charge in [0.25, 0.3) is 0 Å². The topological polar surface area (TPSA) is 79.2 Å². The molecule has 1 saturated heterocycles. The van der Waals surface area contributed by atoms with Crippen molar-refractivity contribution in [2.75, 3.05) is 18.6 Å². The highest BCUT2D eigenvalue weighted by Crippen LogP contribution is 2.26. The van der Waals surface area contributed by atoms with Gasteiger partial charge in [-0.05, 0) is 17.6 Å². The summed E-state index contributed by atoms with van der Waals surface area (Å²) in [5, 5.41) is 29.2. The summed E-state index contributed by atoms with van der Waals surface area (Å²) in [6.07, 6.45) is -3.86. The van der Waals surface area contributed by atoms with Gasteiger partial charge in [0.2, 0.25) is 0 Å².